The second-order valence-electron chi connectivity index (χ2n) is 5.62. The molecule has 0 radical (unpaired) electrons. The quantitative estimate of drug-likeness (QED) is 0.657. The van der Waals surface area contributed by atoms with Crippen molar-refractivity contribution in [2.75, 3.05) is 26.0 Å². The van der Waals surface area contributed by atoms with Gasteiger partial charge in [0.2, 0.25) is 0 Å². The Morgan fingerprint density at radius 1 is 1.13 bits per heavy atom. The number of nitrogens with one attached hydrogen (secondary N) is 2. The minimum atomic E-state index is 0.705. The van der Waals surface area contributed by atoms with Gasteiger partial charge in [0, 0.05) is 40.4 Å². The molecular formula is C18H25N5. The smallest absolute Gasteiger partial charge is 0.191 e. The maximum Gasteiger partial charge on any atom is 0.191 e. The van der Waals surface area contributed by atoms with Crippen molar-refractivity contribution in [3.05, 3.63) is 59.3 Å². The molecule has 0 bridgehead atoms. The molecule has 0 amide bonds. The minimum Gasteiger partial charge on any atom is -0.363 e. The summed E-state index contributed by atoms with van der Waals surface area (Å²) in [6.07, 6.45) is 1.83. The van der Waals surface area contributed by atoms with Crippen LogP contribution in [0.15, 0.2) is 47.6 Å². The molecule has 0 fully saturated rings. The highest BCUT2D eigenvalue weighted by Crippen LogP contribution is 2.09. The summed E-state index contributed by atoms with van der Waals surface area (Å²) in [6.45, 7) is 3.58. The van der Waals surface area contributed by atoms with E-state index in [0.717, 1.165) is 18.3 Å². The summed E-state index contributed by atoms with van der Waals surface area (Å²) in [5.41, 5.74) is 3.72. The number of hydrogen-bond donors (Lipinski definition) is 2. The van der Waals surface area contributed by atoms with Crippen molar-refractivity contribution in [1.82, 2.24) is 15.6 Å². The van der Waals surface area contributed by atoms with E-state index in [9.17, 15) is 0 Å². The maximum atomic E-state index is 4.32. The number of aryl methyl sites for hydroxylation is 1. The van der Waals surface area contributed by atoms with Gasteiger partial charge >= 0.3 is 0 Å². The zero-order valence-corrected chi connectivity index (χ0v) is 14.3. The zero-order valence-electron chi connectivity index (χ0n) is 14.3. The second-order valence-corrected chi connectivity index (χ2v) is 5.62. The third-order valence-corrected chi connectivity index (χ3v) is 3.66. The van der Waals surface area contributed by atoms with Crippen LogP contribution in [0.3, 0.4) is 0 Å². The Morgan fingerprint density at radius 3 is 2.57 bits per heavy atom. The summed E-state index contributed by atoms with van der Waals surface area (Å²) in [4.78, 5) is 10.6. The number of benzene rings is 1. The van der Waals surface area contributed by atoms with Crippen molar-refractivity contribution in [1.29, 1.82) is 0 Å². The van der Waals surface area contributed by atoms with Crippen molar-refractivity contribution < 1.29 is 0 Å². The molecule has 2 rings (SSSR count). The van der Waals surface area contributed by atoms with Crippen molar-refractivity contribution >= 4 is 11.8 Å². The largest absolute Gasteiger partial charge is 0.363 e. The minimum absolute atomic E-state index is 0.705. The number of anilines is 1. The molecule has 122 valence electrons. The molecule has 1 aromatic heterocycles. The first-order valence-corrected chi connectivity index (χ1v) is 7.71. The number of aliphatic imine (C=N–C) groups is 1. The Labute approximate surface area is 138 Å². The first-order chi connectivity index (χ1) is 11.1. The summed E-state index contributed by atoms with van der Waals surface area (Å²) < 4.78 is 0. The molecule has 1 aromatic carbocycles. The highest BCUT2D eigenvalue weighted by molar-refractivity contribution is 5.79. The molecule has 0 aliphatic carbocycles. The van der Waals surface area contributed by atoms with E-state index in [0.29, 0.717) is 6.54 Å². The Kier molecular flexibility index (Phi) is 5.97. The van der Waals surface area contributed by atoms with Crippen LogP contribution in [0.1, 0.15) is 16.7 Å². The standard InChI is InChI=1S/C18H25N5/c1-14-7-5-6-8-16(14)13-22-18(19-2)21-12-15-9-10-20-17(11-15)23(3)4/h5-11H,12-13H2,1-4H3,(H2,19,21,22). The van der Waals surface area contributed by atoms with Crippen molar-refractivity contribution in [3.8, 4) is 0 Å². The molecule has 0 aliphatic heterocycles. The Balaban J connectivity index is 1.91. The van der Waals surface area contributed by atoms with E-state index in [2.05, 4.69) is 57.9 Å². The van der Waals surface area contributed by atoms with Crippen LogP contribution in [-0.2, 0) is 13.1 Å². The molecule has 5 nitrogen and oxygen atoms in total. The molecular weight excluding hydrogens is 286 g/mol. The van der Waals surface area contributed by atoms with Crippen LogP contribution in [-0.4, -0.2) is 32.1 Å². The summed E-state index contributed by atoms with van der Waals surface area (Å²) >= 11 is 0. The SMILES string of the molecule is CN=C(NCc1ccnc(N(C)C)c1)NCc1ccccc1C. The van der Waals surface area contributed by atoms with Gasteiger partial charge < -0.3 is 15.5 Å². The van der Waals surface area contributed by atoms with Gasteiger partial charge in [-0.2, -0.15) is 0 Å². The highest BCUT2D eigenvalue weighted by atomic mass is 15.2. The fourth-order valence-electron chi connectivity index (χ4n) is 2.21. The van der Waals surface area contributed by atoms with Crippen LogP contribution in [0.2, 0.25) is 0 Å². The van der Waals surface area contributed by atoms with E-state index in [1.165, 1.54) is 16.7 Å². The van der Waals surface area contributed by atoms with E-state index >= 15 is 0 Å². The highest BCUT2D eigenvalue weighted by Gasteiger charge is 2.02. The third-order valence-electron chi connectivity index (χ3n) is 3.66. The lowest BCUT2D eigenvalue weighted by atomic mass is 10.1. The molecule has 2 N–H and O–H groups in total. The normalized spacial score (nSPS) is 11.2. The fourth-order valence-corrected chi connectivity index (χ4v) is 2.21. The first kappa shape index (κ1) is 16.8. The molecule has 0 spiro atoms. The Hall–Kier alpha value is -2.56. The third kappa shape index (κ3) is 4.98. The van der Waals surface area contributed by atoms with Crippen molar-refractivity contribution in [2.24, 2.45) is 4.99 Å². The molecule has 0 aliphatic rings. The van der Waals surface area contributed by atoms with E-state index < -0.39 is 0 Å². The number of pyridine rings is 1. The molecule has 5 heteroatoms. The van der Waals surface area contributed by atoms with Gasteiger partial charge in [-0.25, -0.2) is 4.98 Å². The Bertz CT molecular complexity index is 664. The van der Waals surface area contributed by atoms with Crippen molar-refractivity contribution in [2.45, 2.75) is 20.0 Å². The average Bonchev–Trinajstić information content (AvgIpc) is 2.56. The molecule has 23 heavy (non-hydrogen) atoms. The van der Waals surface area contributed by atoms with Gasteiger partial charge in [0.05, 0.1) is 0 Å². The summed E-state index contributed by atoms with van der Waals surface area (Å²) in [5, 5.41) is 6.68. The van der Waals surface area contributed by atoms with Gasteiger partial charge in [0.1, 0.15) is 5.82 Å². The molecule has 2 aromatic rings. The molecule has 1 heterocycles. The number of nitrogens with zero attached hydrogens (tertiary/aromatic N) is 3. The van der Waals surface area contributed by atoms with Gasteiger partial charge in [-0.15, -0.1) is 0 Å². The summed E-state index contributed by atoms with van der Waals surface area (Å²) in [7, 11) is 5.76. The molecule has 0 saturated carbocycles. The van der Waals surface area contributed by atoms with Gasteiger partial charge in [-0.3, -0.25) is 4.99 Å². The summed E-state index contributed by atoms with van der Waals surface area (Å²) in [5.74, 6) is 1.74. The van der Waals surface area contributed by atoms with E-state index in [1.54, 1.807) is 7.05 Å². The van der Waals surface area contributed by atoms with Crippen molar-refractivity contribution in [3.63, 3.8) is 0 Å². The average molecular weight is 311 g/mol. The van der Waals surface area contributed by atoms with E-state index in [-0.39, 0.29) is 0 Å². The van der Waals surface area contributed by atoms with Crippen LogP contribution in [0, 0.1) is 6.92 Å². The first-order valence-electron chi connectivity index (χ1n) is 7.71. The fraction of sp³-hybridized carbons (Fsp3) is 0.333. The summed E-state index contributed by atoms with van der Waals surface area (Å²) in [6, 6.07) is 12.4. The van der Waals surface area contributed by atoms with Crippen LogP contribution >= 0.6 is 0 Å². The molecule has 0 saturated heterocycles. The van der Waals surface area contributed by atoms with Crippen LogP contribution < -0.4 is 15.5 Å². The maximum absolute atomic E-state index is 4.32. The van der Waals surface area contributed by atoms with E-state index in [4.69, 9.17) is 0 Å². The predicted molar refractivity (Wildman–Crippen MR) is 96.8 cm³/mol. The van der Waals surface area contributed by atoms with Gasteiger partial charge in [0.25, 0.3) is 0 Å². The van der Waals surface area contributed by atoms with Gasteiger partial charge in [-0.1, -0.05) is 24.3 Å². The van der Waals surface area contributed by atoms with Crippen LogP contribution in [0.5, 0.6) is 0 Å². The lowest BCUT2D eigenvalue weighted by Crippen LogP contribution is -2.36. The molecule has 0 unspecified atom stereocenters. The number of hydrogen-bond acceptors (Lipinski definition) is 3. The lowest BCUT2D eigenvalue weighted by molar-refractivity contribution is 0.805. The van der Waals surface area contributed by atoms with E-state index in [1.807, 2.05) is 31.3 Å². The topological polar surface area (TPSA) is 52.6 Å². The van der Waals surface area contributed by atoms with Gasteiger partial charge in [-0.05, 0) is 35.7 Å². The Morgan fingerprint density at radius 2 is 1.87 bits per heavy atom. The van der Waals surface area contributed by atoms with Gasteiger partial charge in [0.15, 0.2) is 5.96 Å². The lowest BCUT2D eigenvalue weighted by Gasteiger charge is -2.15. The number of aromatic nitrogens is 1. The second kappa shape index (κ2) is 8.17. The zero-order chi connectivity index (χ0) is 16.7. The van der Waals surface area contributed by atoms with Crippen LogP contribution in [0.25, 0.3) is 0 Å². The monoisotopic (exact) mass is 311 g/mol. The molecule has 0 atom stereocenters. The number of rotatable bonds is 5. The predicted octanol–water partition coefficient (Wildman–Crippen LogP) is 2.32. The number of guanidine groups is 1. The van der Waals surface area contributed by atoms with Crippen LogP contribution in [0.4, 0.5) is 5.82 Å².